The van der Waals surface area contributed by atoms with E-state index < -0.39 is 19.4 Å². The van der Waals surface area contributed by atoms with Gasteiger partial charge >= 0.3 is 168 Å². The van der Waals surface area contributed by atoms with E-state index in [2.05, 4.69) is 70.2 Å². The van der Waals surface area contributed by atoms with Crippen LogP contribution in [0.5, 0.6) is 0 Å². The van der Waals surface area contributed by atoms with Gasteiger partial charge in [-0.15, -0.1) is 0 Å². The molecule has 0 fully saturated rings. The van der Waals surface area contributed by atoms with Crippen LogP contribution in [-0.4, -0.2) is 0 Å². The minimum absolute atomic E-state index is 0.310. The zero-order valence-corrected chi connectivity index (χ0v) is 19.3. The molecule has 1 aliphatic rings. The summed E-state index contributed by atoms with van der Waals surface area (Å²) in [4.78, 5) is 0. The molecule has 0 saturated carbocycles. The van der Waals surface area contributed by atoms with Gasteiger partial charge in [0, 0.05) is 0 Å². The van der Waals surface area contributed by atoms with Gasteiger partial charge in [0.2, 0.25) is 0 Å². The Hall–Kier alpha value is -0.357. The van der Waals surface area contributed by atoms with E-state index in [1.807, 2.05) is 0 Å². The van der Waals surface area contributed by atoms with Crippen LogP contribution in [0.1, 0.15) is 65.4 Å². The van der Waals surface area contributed by atoms with Crippen LogP contribution in [0.25, 0.3) is 17.2 Å². The summed E-state index contributed by atoms with van der Waals surface area (Å²) >= 11 is -2.44. The molecular weight excluding hydrogens is 426 g/mol. The molecule has 131 valence electrons. The molecule has 0 bridgehead atoms. The number of benzene rings is 2. The molecule has 0 spiro atoms. The summed E-state index contributed by atoms with van der Waals surface area (Å²) in [5, 5.41) is 0. The molecule has 0 aliphatic heterocycles. The fourth-order valence-electron chi connectivity index (χ4n) is 3.93. The molecule has 0 heterocycles. The van der Waals surface area contributed by atoms with Gasteiger partial charge < -0.3 is 0 Å². The van der Waals surface area contributed by atoms with Crippen LogP contribution in [0.15, 0.2) is 42.0 Å². The summed E-state index contributed by atoms with van der Waals surface area (Å²) in [5.74, 6) is 0.479. The van der Waals surface area contributed by atoms with Crippen LogP contribution in [0, 0.1) is 6.92 Å². The fraction of sp³-hybridized carbons (Fsp3) is 0.364. The number of hydrogen-bond acceptors (Lipinski definition) is 0. The Morgan fingerprint density at radius 2 is 1.80 bits per heavy atom. The van der Waals surface area contributed by atoms with Crippen LogP contribution in [0.2, 0.25) is 0 Å². The number of aryl methyl sites for hydroxylation is 1. The van der Waals surface area contributed by atoms with Crippen molar-refractivity contribution in [3.05, 3.63) is 64.2 Å². The molecule has 1 aliphatic carbocycles. The van der Waals surface area contributed by atoms with E-state index in [0.717, 1.165) is 12.8 Å². The van der Waals surface area contributed by atoms with E-state index in [4.69, 9.17) is 17.0 Å². The maximum absolute atomic E-state index is 6.60. The molecule has 25 heavy (non-hydrogen) atoms. The Kier molecular flexibility index (Phi) is 6.30. The first-order valence-corrected chi connectivity index (χ1v) is 16.8. The van der Waals surface area contributed by atoms with Gasteiger partial charge in [0.1, 0.15) is 0 Å². The number of fused-ring (bicyclic) bond motifs is 1. The van der Waals surface area contributed by atoms with E-state index in [-0.39, 0.29) is 0 Å². The summed E-state index contributed by atoms with van der Waals surface area (Å²) < 4.78 is 0.310. The van der Waals surface area contributed by atoms with Gasteiger partial charge in [-0.3, -0.25) is 0 Å². The van der Waals surface area contributed by atoms with Gasteiger partial charge in [-0.2, -0.15) is 0 Å². The second kappa shape index (κ2) is 8.12. The molecule has 0 nitrogen and oxygen atoms in total. The predicted octanol–water partition coefficient (Wildman–Crippen LogP) is 7.95. The monoisotopic (exact) mass is 449 g/mol. The SMILES string of the molecule is CCCC1=Cc2c(ccc(C(C)C)c2-c2ccccc2C)[CH]1[Zr]([Cl])[Cl]. The van der Waals surface area contributed by atoms with Crippen molar-refractivity contribution in [1.29, 1.82) is 0 Å². The first kappa shape index (κ1) is 19.4. The van der Waals surface area contributed by atoms with Crippen molar-refractivity contribution >= 4 is 23.1 Å². The predicted molar refractivity (Wildman–Crippen MR) is 108 cm³/mol. The van der Waals surface area contributed by atoms with Gasteiger partial charge in [-0.25, -0.2) is 0 Å². The molecule has 3 rings (SSSR count). The van der Waals surface area contributed by atoms with Crippen molar-refractivity contribution in [2.24, 2.45) is 0 Å². The Morgan fingerprint density at radius 3 is 2.40 bits per heavy atom. The Bertz CT molecular complexity index is 806. The molecule has 0 saturated heterocycles. The second-order valence-corrected chi connectivity index (χ2v) is 16.0. The summed E-state index contributed by atoms with van der Waals surface area (Å²) in [6, 6.07) is 13.3. The van der Waals surface area contributed by atoms with E-state index in [1.54, 1.807) is 0 Å². The molecule has 0 radical (unpaired) electrons. The van der Waals surface area contributed by atoms with Crippen LogP contribution >= 0.6 is 17.0 Å². The maximum atomic E-state index is 6.60. The van der Waals surface area contributed by atoms with Crippen molar-refractivity contribution in [2.75, 3.05) is 0 Å². The summed E-state index contributed by atoms with van der Waals surface area (Å²) in [6.07, 6.45) is 4.63. The van der Waals surface area contributed by atoms with Gasteiger partial charge in [0.15, 0.2) is 0 Å². The van der Waals surface area contributed by atoms with Crippen molar-refractivity contribution in [2.45, 2.75) is 50.1 Å². The molecule has 1 atom stereocenters. The molecule has 0 aromatic heterocycles. The number of rotatable bonds is 5. The third-order valence-corrected chi connectivity index (χ3v) is 10.4. The van der Waals surface area contributed by atoms with Gasteiger partial charge in [-0.05, 0) is 0 Å². The van der Waals surface area contributed by atoms with Crippen LogP contribution in [0.3, 0.4) is 0 Å². The first-order chi connectivity index (χ1) is 12.0. The van der Waals surface area contributed by atoms with Gasteiger partial charge in [0.25, 0.3) is 0 Å². The molecule has 2 aromatic rings. The normalized spacial score (nSPS) is 16.1. The number of hydrogen-bond donors (Lipinski definition) is 0. The average molecular weight is 452 g/mol. The third-order valence-electron chi connectivity index (χ3n) is 5.12. The standard InChI is InChI=1S/C22H25.2ClH.Zr/c1-5-8-17-13-18-11-12-19(15(2)3)22(21(18)14-17)20-10-7-6-9-16(20)4;;;/h6-7,9-15H,5,8H2,1-4H3;2*1H;/q;;;+2/p-2. The van der Waals surface area contributed by atoms with E-state index in [9.17, 15) is 0 Å². The molecule has 0 N–H and O–H groups in total. The first-order valence-electron chi connectivity index (χ1n) is 9.06. The molecule has 3 heteroatoms. The third kappa shape index (κ3) is 3.71. The fourth-order valence-corrected chi connectivity index (χ4v) is 9.42. The molecular formula is C22H25Cl2Zr. The zero-order valence-electron chi connectivity index (χ0n) is 15.4. The van der Waals surface area contributed by atoms with E-state index in [1.165, 1.54) is 39.0 Å². The minimum atomic E-state index is -2.44. The van der Waals surface area contributed by atoms with E-state index in [0.29, 0.717) is 9.54 Å². The molecule has 0 amide bonds. The quantitative estimate of drug-likeness (QED) is 0.433. The Morgan fingerprint density at radius 1 is 1.08 bits per heavy atom. The van der Waals surface area contributed by atoms with Crippen molar-refractivity contribution in [1.82, 2.24) is 0 Å². The Balaban J connectivity index is 2.30. The van der Waals surface area contributed by atoms with Gasteiger partial charge in [0.05, 0.1) is 0 Å². The van der Waals surface area contributed by atoms with Crippen molar-refractivity contribution in [3.8, 4) is 11.1 Å². The summed E-state index contributed by atoms with van der Waals surface area (Å²) in [6.45, 7) is 8.98. The van der Waals surface area contributed by atoms with Crippen LogP contribution in [0.4, 0.5) is 0 Å². The van der Waals surface area contributed by atoms with Crippen molar-refractivity contribution < 1.29 is 19.4 Å². The molecule has 2 aromatic carbocycles. The van der Waals surface area contributed by atoms with Crippen LogP contribution in [-0.2, 0) is 19.4 Å². The number of allylic oxidation sites excluding steroid dienone is 1. The number of halogens is 2. The van der Waals surface area contributed by atoms with E-state index >= 15 is 0 Å². The summed E-state index contributed by atoms with van der Waals surface area (Å²) in [5.41, 5.74) is 9.65. The zero-order chi connectivity index (χ0) is 18.1. The van der Waals surface area contributed by atoms with Crippen LogP contribution < -0.4 is 0 Å². The average Bonchev–Trinajstić information content (AvgIpc) is 2.93. The van der Waals surface area contributed by atoms with Crippen molar-refractivity contribution in [3.63, 3.8) is 0 Å². The summed E-state index contributed by atoms with van der Waals surface area (Å²) in [7, 11) is 13.2. The molecule has 1 unspecified atom stereocenters. The topological polar surface area (TPSA) is 0 Å². The second-order valence-electron chi connectivity index (χ2n) is 7.19. The van der Waals surface area contributed by atoms with Gasteiger partial charge in [-0.1, -0.05) is 0 Å². The Labute approximate surface area is 167 Å².